The second-order valence-electron chi connectivity index (χ2n) is 6.54. The van der Waals surface area contributed by atoms with E-state index in [2.05, 4.69) is 9.71 Å². The van der Waals surface area contributed by atoms with Crippen molar-refractivity contribution in [1.29, 1.82) is 0 Å². The van der Waals surface area contributed by atoms with E-state index in [0.29, 0.717) is 16.5 Å². The van der Waals surface area contributed by atoms with E-state index in [4.69, 9.17) is 4.74 Å². The first-order chi connectivity index (χ1) is 14.0. The van der Waals surface area contributed by atoms with Gasteiger partial charge in [-0.25, -0.2) is 4.98 Å². The molecule has 2 atom stereocenters. The molecule has 0 radical (unpaired) electrons. The van der Waals surface area contributed by atoms with Gasteiger partial charge in [0.1, 0.15) is 0 Å². The summed E-state index contributed by atoms with van der Waals surface area (Å²) in [4.78, 5) is 16.4. The maximum absolute atomic E-state index is 12.7. The zero-order valence-electron chi connectivity index (χ0n) is 16.2. The van der Waals surface area contributed by atoms with Gasteiger partial charge in [0.15, 0.2) is 4.90 Å². The number of aromatic nitrogens is 1. The molecule has 0 bridgehead atoms. The van der Waals surface area contributed by atoms with Gasteiger partial charge >= 0.3 is 5.97 Å². The predicted molar refractivity (Wildman–Crippen MR) is 112 cm³/mol. The lowest BCUT2D eigenvalue weighted by Gasteiger charge is -2.19. The van der Waals surface area contributed by atoms with Gasteiger partial charge in [-0.15, -0.1) is 4.72 Å². The first-order valence-corrected chi connectivity index (χ1v) is 10.2. The van der Waals surface area contributed by atoms with Gasteiger partial charge < -0.3 is 14.4 Å². The van der Waals surface area contributed by atoms with Gasteiger partial charge in [-0.3, -0.25) is 4.79 Å². The second-order valence-corrected chi connectivity index (χ2v) is 7.79. The average Bonchev–Trinajstić information content (AvgIpc) is 2.73. The van der Waals surface area contributed by atoms with Crippen LogP contribution in [0.25, 0.3) is 11.3 Å². The summed E-state index contributed by atoms with van der Waals surface area (Å²) in [6, 6.07) is 19.5. The highest BCUT2D eigenvalue weighted by atomic mass is 32.2. The van der Waals surface area contributed by atoms with Crippen LogP contribution in [0.15, 0.2) is 71.6 Å². The third-order valence-electron chi connectivity index (χ3n) is 4.38. The van der Waals surface area contributed by atoms with E-state index in [1.807, 2.05) is 55.5 Å². The average molecular weight is 410 g/mol. The third kappa shape index (κ3) is 5.57. The lowest BCUT2D eigenvalue weighted by atomic mass is 10.0. The summed E-state index contributed by atoms with van der Waals surface area (Å²) in [5, 5.41) is 9.35. The van der Waals surface area contributed by atoms with Crippen molar-refractivity contribution < 1.29 is 19.2 Å². The fraction of sp³-hybridized carbons (Fsp3) is 0.182. The molecule has 6 nitrogen and oxygen atoms in total. The van der Waals surface area contributed by atoms with Crippen molar-refractivity contribution in [3.05, 3.63) is 77.9 Å². The molecule has 1 unspecified atom stereocenters. The highest BCUT2D eigenvalue weighted by Gasteiger charge is 2.23. The molecule has 3 aromatic rings. The van der Waals surface area contributed by atoms with Crippen molar-refractivity contribution in [2.45, 2.75) is 24.3 Å². The van der Waals surface area contributed by atoms with E-state index in [1.165, 1.54) is 0 Å². The quantitative estimate of drug-likeness (QED) is 0.547. The standard InChI is InChI=1S/C22H22N2O4S/c1-15-9-11-18(12-10-15)29(27)24-20(14-22(25)26)17-6-3-5-16(13-17)19-7-4-8-21(23-19)28-2/h3-13,20,24H,14H2,1-2H3,(H,25,26)/t20?,29-/m1/s1. The number of aryl methyl sites for hydroxylation is 1. The van der Waals surface area contributed by atoms with Crippen molar-refractivity contribution in [2.75, 3.05) is 7.11 Å². The molecular weight excluding hydrogens is 388 g/mol. The van der Waals surface area contributed by atoms with Crippen LogP contribution >= 0.6 is 0 Å². The van der Waals surface area contributed by atoms with Crippen molar-refractivity contribution in [1.82, 2.24) is 9.71 Å². The molecule has 3 rings (SSSR count). The molecule has 1 aromatic heterocycles. The first kappa shape index (κ1) is 20.9. The number of carbonyl (C=O) groups is 1. The predicted octanol–water partition coefficient (Wildman–Crippen LogP) is 3.89. The van der Waals surface area contributed by atoms with Crippen LogP contribution in [-0.2, 0) is 16.2 Å². The van der Waals surface area contributed by atoms with Crippen LogP contribution in [0, 0.1) is 6.92 Å². The van der Waals surface area contributed by atoms with Crippen LogP contribution in [0.2, 0.25) is 0 Å². The minimum Gasteiger partial charge on any atom is -0.593 e. The van der Waals surface area contributed by atoms with Gasteiger partial charge in [-0.05, 0) is 36.8 Å². The molecule has 0 spiro atoms. The fourth-order valence-corrected chi connectivity index (χ4v) is 3.86. The minimum absolute atomic E-state index is 0.202. The summed E-state index contributed by atoms with van der Waals surface area (Å²) >= 11 is -1.54. The van der Waals surface area contributed by atoms with Gasteiger partial charge in [-0.1, -0.05) is 42.0 Å². The van der Waals surface area contributed by atoms with Crippen molar-refractivity contribution in [3.8, 4) is 17.1 Å². The van der Waals surface area contributed by atoms with E-state index in [0.717, 1.165) is 16.7 Å². The van der Waals surface area contributed by atoms with E-state index in [9.17, 15) is 14.5 Å². The summed E-state index contributed by atoms with van der Waals surface area (Å²) in [5.41, 5.74) is 3.31. The maximum Gasteiger partial charge on any atom is 0.305 e. The van der Waals surface area contributed by atoms with Gasteiger partial charge in [0.05, 0.1) is 36.6 Å². The van der Waals surface area contributed by atoms with Crippen LogP contribution in [0.4, 0.5) is 0 Å². The second kappa shape index (κ2) is 9.56. The normalized spacial score (nSPS) is 12.9. The summed E-state index contributed by atoms with van der Waals surface area (Å²) < 4.78 is 20.9. The number of aliphatic carboxylic acids is 1. The van der Waals surface area contributed by atoms with Crippen LogP contribution < -0.4 is 9.46 Å². The minimum atomic E-state index is -1.54. The Morgan fingerprint density at radius 3 is 2.59 bits per heavy atom. The SMILES string of the molecule is COc1cccc(-c2cccc(C(CC(=O)O)N[S@+]([O-])c3ccc(C)cc3)c2)n1. The molecule has 150 valence electrons. The van der Waals surface area contributed by atoms with Crippen LogP contribution in [-0.4, -0.2) is 27.7 Å². The Morgan fingerprint density at radius 1 is 1.17 bits per heavy atom. The molecule has 0 aliphatic heterocycles. The molecule has 0 amide bonds. The smallest absolute Gasteiger partial charge is 0.305 e. The third-order valence-corrected chi connectivity index (χ3v) is 5.58. The van der Waals surface area contributed by atoms with Crippen LogP contribution in [0.3, 0.4) is 0 Å². The van der Waals surface area contributed by atoms with E-state index in [1.54, 1.807) is 25.3 Å². The number of ether oxygens (including phenoxy) is 1. The van der Waals surface area contributed by atoms with E-state index in [-0.39, 0.29) is 6.42 Å². The number of carboxylic acids is 1. The van der Waals surface area contributed by atoms with Gasteiger partial charge in [0.2, 0.25) is 5.88 Å². The maximum atomic E-state index is 12.7. The highest BCUT2D eigenvalue weighted by molar-refractivity contribution is 7.89. The Labute approximate surface area is 172 Å². The topological polar surface area (TPSA) is 94.5 Å². The molecule has 29 heavy (non-hydrogen) atoms. The summed E-state index contributed by atoms with van der Waals surface area (Å²) in [6.45, 7) is 1.95. The number of hydrogen-bond donors (Lipinski definition) is 2. The fourth-order valence-electron chi connectivity index (χ4n) is 2.87. The number of methoxy groups -OCH3 is 1. The highest BCUT2D eigenvalue weighted by Crippen LogP contribution is 2.26. The van der Waals surface area contributed by atoms with Crippen LogP contribution in [0.5, 0.6) is 5.88 Å². The van der Waals surface area contributed by atoms with Gasteiger partial charge in [-0.2, -0.15) is 0 Å². The van der Waals surface area contributed by atoms with Crippen molar-refractivity contribution in [3.63, 3.8) is 0 Å². The lowest BCUT2D eigenvalue weighted by Crippen LogP contribution is -2.30. The van der Waals surface area contributed by atoms with Gasteiger partial charge in [0, 0.05) is 11.6 Å². The largest absolute Gasteiger partial charge is 0.593 e. The van der Waals surface area contributed by atoms with Crippen LogP contribution in [0.1, 0.15) is 23.6 Å². The number of nitrogens with zero attached hydrogens (tertiary/aromatic N) is 1. The number of nitrogens with one attached hydrogen (secondary N) is 1. The van der Waals surface area contributed by atoms with Gasteiger partial charge in [0.25, 0.3) is 0 Å². The molecular formula is C22H22N2O4S. The number of hydrogen-bond acceptors (Lipinski definition) is 5. The van der Waals surface area contributed by atoms with Crippen molar-refractivity contribution >= 4 is 17.3 Å². The number of rotatable bonds is 8. The number of benzene rings is 2. The molecule has 0 saturated carbocycles. The molecule has 0 fully saturated rings. The summed E-state index contributed by atoms with van der Waals surface area (Å²) in [5.74, 6) is -0.484. The molecule has 0 aliphatic carbocycles. The molecule has 0 saturated heterocycles. The Hall–Kier alpha value is -2.87. The molecule has 0 aliphatic rings. The summed E-state index contributed by atoms with van der Waals surface area (Å²) in [7, 11) is 1.55. The zero-order valence-corrected chi connectivity index (χ0v) is 17.0. The Bertz CT molecular complexity index is 979. The number of carboxylic acid groups (broad SMARTS) is 1. The molecule has 2 N–H and O–H groups in total. The lowest BCUT2D eigenvalue weighted by molar-refractivity contribution is -0.137. The molecule has 2 aromatic carbocycles. The summed E-state index contributed by atoms with van der Waals surface area (Å²) in [6.07, 6.45) is -0.202. The number of pyridine rings is 1. The van der Waals surface area contributed by atoms with Crippen molar-refractivity contribution in [2.24, 2.45) is 0 Å². The van der Waals surface area contributed by atoms with E-state index >= 15 is 0 Å². The molecule has 7 heteroatoms. The first-order valence-electron chi connectivity index (χ1n) is 9.04. The Balaban J connectivity index is 1.88. The monoisotopic (exact) mass is 410 g/mol. The zero-order chi connectivity index (χ0) is 20.8. The molecule has 1 heterocycles. The Morgan fingerprint density at radius 2 is 1.90 bits per heavy atom. The van der Waals surface area contributed by atoms with E-state index < -0.39 is 23.4 Å². The Kier molecular flexibility index (Phi) is 6.87.